The van der Waals surface area contributed by atoms with Crippen LogP contribution in [0.15, 0.2) is 47.6 Å². The van der Waals surface area contributed by atoms with Crippen molar-refractivity contribution in [1.82, 2.24) is 3.97 Å². The second-order valence-corrected chi connectivity index (χ2v) is 6.92. The molecule has 3 nitrogen and oxygen atoms in total. The van der Waals surface area contributed by atoms with Gasteiger partial charge in [0.25, 0.3) is 10.0 Å². The highest BCUT2D eigenvalue weighted by Gasteiger charge is 2.31. The monoisotopic (exact) mass is 315 g/mol. The second-order valence-electron chi connectivity index (χ2n) is 5.08. The van der Waals surface area contributed by atoms with E-state index in [2.05, 4.69) is 0 Å². The van der Waals surface area contributed by atoms with Crippen molar-refractivity contribution in [3.63, 3.8) is 0 Å². The molecule has 1 saturated carbocycles. The zero-order chi connectivity index (χ0) is 15.3. The van der Waals surface area contributed by atoms with Crippen molar-refractivity contribution in [2.75, 3.05) is 0 Å². The maximum Gasteiger partial charge on any atom is 0.416 e. The van der Waals surface area contributed by atoms with Gasteiger partial charge in [-0.05, 0) is 54.7 Å². The van der Waals surface area contributed by atoms with Crippen LogP contribution in [-0.2, 0) is 16.2 Å². The van der Waals surface area contributed by atoms with Gasteiger partial charge in [0, 0.05) is 12.4 Å². The van der Waals surface area contributed by atoms with Gasteiger partial charge in [-0.25, -0.2) is 12.4 Å². The Morgan fingerprint density at radius 2 is 1.67 bits per heavy atom. The molecule has 0 unspecified atom stereocenters. The van der Waals surface area contributed by atoms with E-state index in [0.717, 1.165) is 46.6 Å². The molecule has 0 spiro atoms. The maximum atomic E-state index is 12.5. The lowest BCUT2D eigenvalue weighted by Crippen LogP contribution is -2.12. The zero-order valence-corrected chi connectivity index (χ0v) is 11.7. The molecular formula is C14H12F3NO2S. The molecule has 1 aliphatic carbocycles. The van der Waals surface area contributed by atoms with E-state index in [1.165, 1.54) is 12.4 Å². The molecule has 0 aliphatic heterocycles. The van der Waals surface area contributed by atoms with Crippen LogP contribution in [0.2, 0.25) is 0 Å². The third-order valence-electron chi connectivity index (χ3n) is 3.50. The van der Waals surface area contributed by atoms with E-state index >= 15 is 0 Å². The van der Waals surface area contributed by atoms with Crippen molar-refractivity contribution in [2.45, 2.75) is 29.8 Å². The Hall–Kier alpha value is -1.76. The van der Waals surface area contributed by atoms with Crippen LogP contribution in [0.1, 0.15) is 29.9 Å². The summed E-state index contributed by atoms with van der Waals surface area (Å²) in [5.74, 6) is 0.411. The normalized spacial score (nSPS) is 16.1. The van der Waals surface area contributed by atoms with Gasteiger partial charge in [-0.2, -0.15) is 13.2 Å². The largest absolute Gasteiger partial charge is 0.416 e. The molecule has 0 atom stereocenters. The summed E-state index contributed by atoms with van der Waals surface area (Å²) in [7, 11) is -3.84. The van der Waals surface area contributed by atoms with Crippen LogP contribution in [0.25, 0.3) is 0 Å². The van der Waals surface area contributed by atoms with Gasteiger partial charge in [-0.1, -0.05) is 0 Å². The van der Waals surface area contributed by atoms with Gasteiger partial charge in [0.15, 0.2) is 0 Å². The Balaban J connectivity index is 1.93. The van der Waals surface area contributed by atoms with Crippen molar-refractivity contribution in [3.05, 3.63) is 53.9 Å². The minimum Gasteiger partial charge on any atom is -0.249 e. The summed E-state index contributed by atoms with van der Waals surface area (Å²) in [6.07, 6.45) is 0.578. The van der Waals surface area contributed by atoms with Crippen LogP contribution in [-0.4, -0.2) is 12.4 Å². The topological polar surface area (TPSA) is 39.1 Å². The third-order valence-corrected chi connectivity index (χ3v) is 5.15. The molecule has 3 rings (SSSR count). The van der Waals surface area contributed by atoms with Crippen molar-refractivity contribution in [3.8, 4) is 0 Å². The summed E-state index contributed by atoms with van der Waals surface area (Å²) < 4.78 is 63.2. The molecule has 1 aromatic heterocycles. The summed E-state index contributed by atoms with van der Waals surface area (Å²) in [5, 5.41) is 0. The molecule has 21 heavy (non-hydrogen) atoms. The second kappa shape index (κ2) is 4.62. The number of nitrogens with zero attached hydrogens (tertiary/aromatic N) is 1. The minimum absolute atomic E-state index is 0.159. The molecule has 0 radical (unpaired) electrons. The Labute approximate surface area is 120 Å². The minimum atomic E-state index is -4.48. The Bertz CT molecular complexity index is 756. The summed E-state index contributed by atoms with van der Waals surface area (Å²) in [6, 6.07) is 5.25. The summed E-state index contributed by atoms with van der Waals surface area (Å²) in [6.45, 7) is 0. The fourth-order valence-electron chi connectivity index (χ4n) is 2.14. The Morgan fingerprint density at radius 1 is 1.05 bits per heavy atom. The zero-order valence-electron chi connectivity index (χ0n) is 10.8. The van der Waals surface area contributed by atoms with Crippen molar-refractivity contribution in [2.24, 2.45) is 0 Å². The average molecular weight is 315 g/mol. The van der Waals surface area contributed by atoms with E-state index in [0.29, 0.717) is 5.92 Å². The van der Waals surface area contributed by atoms with Gasteiger partial charge < -0.3 is 0 Å². The number of aromatic nitrogens is 1. The highest BCUT2D eigenvalue weighted by atomic mass is 32.2. The van der Waals surface area contributed by atoms with Gasteiger partial charge in [0.2, 0.25) is 0 Å². The van der Waals surface area contributed by atoms with Gasteiger partial charge in [-0.3, -0.25) is 0 Å². The quantitative estimate of drug-likeness (QED) is 0.868. The number of rotatable bonds is 3. The van der Waals surface area contributed by atoms with Gasteiger partial charge in [0.05, 0.1) is 10.5 Å². The molecule has 1 aromatic carbocycles. The number of hydrogen-bond acceptors (Lipinski definition) is 2. The van der Waals surface area contributed by atoms with Crippen molar-refractivity contribution >= 4 is 10.0 Å². The van der Waals surface area contributed by atoms with Gasteiger partial charge >= 0.3 is 6.18 Å². The first-order valence-corrected chi connectivity index (χ1v) is 7.83. The molecule has 2 aromatic rings. The highest BCUT2D eigenvalue weighted by Crippen LogP contribution is 2.40. The molecule has 112 valence electrons. The predicted molar refractivity (Wildman–Crippen MR) is 70.4 cm³/mol. The summed E-state index contributed by atoms with van der Waals surface area (Å²) >= 11 is 0. The van der Waals surface area contributed by atoms with Gasteiger partial charge in [-0.15, -0.1) is 0 Å². The molecular weight excluding hydrogens is 303 g/mol. The molecule has 0 N–H and O–H groups in total. The van der Waals surface area contributed by atoms with Crippen LogP contribution in [0, 0.1) is 0 Å². The standard InChI is InChI=1S/C14H12F3NO2S/c15-14(16,17)12-3-5-13(6-4-12)21(19,20)18-8-7-11(9-18)10-1-2-10/h3-10H,1-2H2. The molecule has 1 heterocycles. The fraction of sp³-hybridized carbons (Fsp3) is 0.286. The fourth-order valence-corrected chi connectivity index (χ4v) is 3.34. The number of halogens is 3. The lowest BCUT2D eigenvalue weighted by atomic mass is 10.2. The number of hydrogen-bond donors (Lipinski definition) is 0. The molecule has 7 heteroatoms. The molecule has 1 fully saturated rings. The third kappa shape index (κ3) is 2.70. The van der Waals surface area contributed by atoms with E-state index in [1.54, 1.807) is 6.07 Å². The first-order chi connectivity index (χ1) is 9.78. The number of benzene rings is 1. The van der Waals surface area contributed by atoms with Crippen molar-refractivity contribution < 1.29 is 21.6 Å². The predicted octanol–water partition coefficient (Wildman–Crippen LogP) is 3.62. The molecule has 1 aliphatic rings. The summed E-state index contributed by atoms with van der Waals surface area (Å²) in [4.78, 5) is -0.159. The molecule has 0 amide bonds. The number of alkyl halides is 3. The Kier molecular flexibility index (Phi) is 3.12. The van der Waals surface area contributed by atoms with Crippen molar-refractivity contribution in [1.29, 1.82) is 0 Å². The molecule has 0 bridgehead atoms. The van der Waals surface area contributed by atoms with Crippen LogP contribution in [0.4, 0.5) is 13.2 Å². The van der Waals surface area contributed by atoms with E-state index in [9.17, 15) is 21.6 Å². The first-order valence-electron chi connectivity index (χ1n) is 6.39. The lowest BCUT2D eigenvalue weighted by Gasteiger charge is -2.09. The van der Waals surface area contributed by atoms with Crippen LogP contribution in [0.3, 0.4) is 0 Å². The van der Waals surface area contributed by atoms with E-state index in [1.807, 2.05) is 0 Å². The van der Waals surface area contributed by atoms with E-state index < -0.39 is 21.8 Å². The Morgan fingerprint density at radius 3 is 2.19 bits per heavy atom. The highest BCUT2D eigenvalue weighted by molar-refractivity contribution is 7.90. The first kappa shape index (κ1) is 14.2. The molecule has 0 saturated heterocycles. The smallest absolute Gasteiger partial charge is 0.249 e. The van der Waals surface area contributed by atoms with Crippen LogP contribution >= 0.6 is 0 Å². The van der Waals surface area contributed by atoms with E-state index in [-0.39, 0.29) is 4.90 Å². The maximum absolute atomic E-state index is 12.5. The SMILES string of the molecule is O=S(=O)(c1ccc(C(F)(F)F)cc1)n1ccc(C2CC2)c1. The average Bonchev–Trinajstić information content (AvgIpc) is 3.15. The van der Waals surface area contributed by atoms with Crippen LogP contribution < -0.4 is 0 Å². The van der Waals surface area contributed by atoms with Crippen LogP contribution in [0.5, 0.6) is 0 Å². The summed E-state index contributed by atoms with van der Waals surface area (Å²) in [5.41, 5.74) is 0.0816. The lowest BCUT2D eigenvalue weighted by molar-refractivity contribution is -0.137. The van der Waals surface area contributed by atoms with Gasteiger partial charge in [0.1, 0.15) is 0 Å². The van der Waals surface area contributed by atoms with E-state index in [4.69, 9.17) is 0 Å².